The highest BCUT2D eigenvalue weighted by atomic mass is 19.1. The molecule has 0 unspecified atom stereocenters. The number of hydrogen-bond acceptors (Lipinski definition) is 3. The first-order valence-electron chi connectivity index (χ1n) is 6.37. The largest absolute Gasteiger partial charge is 0.497 e. The standard InChI is InChI=1S/C14H20BFO3/c1-9-7-11(16)10(8-12(9)17-6)15-18-13(2,3)14(4,5)19-15/h7-8H,1-6H3. The minimum Gasteiger partial charge on any atom is -0.497 e. The van der Waals surface area contributed by atoms with E-state index in [1.807, 2.05) is 27.7 Å². The van der Waals surface area contributed by atoms with E-state index in [1.165, 1.54) is 6.07 Å². The van der Waals surface area contributed by atoms with Crippen molar-refractivity contribution in [3.8, 4) is 5.75 Å². The van der Waals surface area contributed by atoms with Crippen LogP contribution < -0.4 is 10.2 Å². The molecule has 1 aromatic rings. The van der Waals surface area contributed by atoms with Crippen molar-refractivity contribution in [2.75, 3.05) is 7.11 Å². The Labute approximate surface area is 114 Å². The van der Waals surface area contributed by atoms with Crippen LogP contribution in [-0.4, -0.2) is 25.4 Å². The summed E-state index contributed by atoms with van der Waals surface area (Å²) in [7, 11) is 0.855. The van der Waals surface area contributed by atoms with Crippen molar-refractivity contribution in [2.45, 2.75) is 45.8 Å². The number of aryl methyl sites for hydroxylation is 1. The molecule has 0 aliphatic carbocycles. The zero-order valence-corrected chi connectivity index (χ0v) is 12.3. The van der Waals surface area contributed by atoms with Crippen LogP contribution in [0.2, 0.25) is 0 Å². The molecule has 1 heterocycles. The molecule has 0 amide bonds. The van der Waals surface area contributed by atoms with E-state index in [-0.39, 0.29) is 5.82 Å². The Morgan fingerprint density at radius 2 is 1.63 bits per heavy atom. The zero-order valence-electron chi connectivity index (χ0n) is 12.3. The lowest BCUT2D eigenvalue weighted by Crippen LogP contribution is -2.41. The van der Waals surface area contributed by atoms with Gasteiger partial charge >= 0.3 is 7.12 Å². The molecule has 1 aliphatic heterocycles. The maximum absolute atomic E-state index is 14.1. The van der Waals surface area contributed by atoms with Gasteiger partial charge in [0.1, 0.15) is 11.6 Å². The first-order valence-corrected chi connectivity index (χ1v) is 6.37. The highest BCUT2D eigenvalue weighted by molar-refractivity contribution is 6.62. The Kier molecular flexibility index (Phi) is 3.39. The summed E-state index contributed by atoms with van der Waals surface area (Å²) < 4.78 is 31.0. The van der Waals surface area contributed by atoms with Crippen molar-refractivity contribution in [1.29, 1.82) is 0 Å². The predicted octanol–water partition coefficient (Wildman–Crippen LogP) is 2.44. The van der Waals surface area contributed by atoms with Crippen molar-refractivity contribution in [3.63, 3.8) is 0 Å². The first kappa shape index (κ1) is 14.3. The van der Waals surface area contributed by atoms with E-state index in [1.54, 1.807) is 20.1 Å². The Balaban J connectivity index is 2.39. The molecular formula is C14H20BFO3. The third-order valence-electron chi connectivity index (χ3n) is 4.02. The maximum Gasteiger partial charge on any atom is 0.497 e. The average molecular weight is 266 g/mol. The van der Waals surface area contributed by atoms with Gasteiger partial charge in [-0.15, -0.1) is 0 Å². The number of halogens is 1. The molecule has 0 spiro atoms. The first-order chi connectivity index (χ1) is 8.68. The van der Waals surface area contributed by atoms with Gasteiger partial charge in [0, 0.05) is 5.46 Å². The Hall–Kier alpha value is -1.07. The van der Waals surface area contributed by atoms with Crippen LogP contribution in [0.25, 0.3) is 0 Å². The van der Waals surface area contributed by atoms with Gasteiger partial charge in [-0.1, -0.05) is 0 Å². The van der Waals surface area contributed by atoms with Crippen LogP contribution in [0.1, 0.15) is 33.3 Å². The summed E-state index contributed by atoms with van der Waals surface area (Å²) in [5, 5.41) is 0. The van der Waals surface area contributed by atoms with Gasteiger partial charge in [0.25, 0.3) is 0 Å². The van der Waals surface area contributed by atoms with Gasteiger partial charge in [0.2, 0.25) is 0 Å². The summed E-state index contributed by atoms with van der Waals surface area (Å²) >= 11 is 0. The summed E-state index contributed by atoms with van der Waals surface area (Å²) in [6.07, 6.45) is 0. The molecular weight excluding hydrogens is 246 g/mol. The van der Waals surface area contributed by atoms with Crippen molar-refractivity contribution < 1.29 is 18.4 Å². The lowest BCUT2D eigenvalue weighted by atomic mass is 9.78. The van der Waals surface area contributed by atoms with E-state index in [4.69, 9.17) is 14.0 Å². The van der Waals surface area contributed by atoms with E-state index in [0.29, 0.717) is 11.2 Å². The molecule has 2 rings (SSSR count). The lowest BCUT2D eigenvalue weighted by Gasteiger charge is -2.32. The highest BCUT2D eigenvalue weighted by Gasteiger charge is 2.52. The number of methoxy groups -OCH3 is 1. The molecule has 5 heteroatoms. The molecule has 0 bridgehead atoms. The molecule has 104 valence electrons. The number of hydrogen-bond donors (Lipinski definition) is 0. The molecule has 1 saturated heterocycles. The second-order valence-corrected chi connectivity index (χ2v) is 5.93. The quantitative estimate of drug-likeness (QED) is 0.769. The van der Waals surface area contributed by atoms with Crippen molar-refractivity contribution in [2.24, 2.45) is 0 Å². The monoisotopic (exact) mass is 266 g/mol. The summed E-state index contributed by atoms with van der Waals surface area (Å²) in [5.41, 5.74) is 0.158. The van der Waals surface area contributed by atoms with Gasteiger partial charge in [0.15, 0.2) is 0 Å². The third kappa shape index (κ3) is 2.37. The second kappa shape index (κ2) is 4.49. The zero-order chi connectivity index (χ0) is 14.4. The SMILES string of the molecule is COc1cc(B2OC(C)(C)C(C)(C)O2)c(F)cc1C. The number of benzene rings is 1. The number of ether oxygens (including phenoxy) is 1. The average Bonchev–Trinajstić information content (AvgIpc) is 2.48. The van der Waals surface area contributed by atoms with Crippen LogP contribution in [0.3, 0.4) is 0 Å². The second-order valence-electron chi connectivity index (χ2n) is 5.93. The van der Waals surface area contributed by atoms with Crippen LogP contribution in [0.15, 0.2) is 12.1 Å². The molecule has 1 fully saturated rings. The fourth-order valence-corrected chi connectivity index (χ4v) is 2.04. The normalized spacial score (nSPS) is 20.7. The fourth-order valence-electron chi connectivity index (χ4n) is 2.04. The van der Waals surface area contributed by atoms with Gasteiger partial charge in [-0.3, -0.25) is 0 Å². The minimum atomic E-state index is -0.709. The Bertz CT molecular complexity index is 484. The van der Waals surface area contributed by atoms with Gasteiger partial charge in [-0.2, -0.15) is 0 Å². The topological polar surface area (TPSA) is 27.7 Å². The smallest absolute Gasteiger partial charge is 0.497 e. The van der Waals surface area contributed by atoms with Crippen molar-refractivity contribution >= 4 is 12.6 Å². The fraction of sp³-hybridized carbons (Fsp3) is 0.571. The molecule has 19 heavy (non-hydrogen) atoms. The molecule has 3 nitrogen and oxygen atoms in total. The summed E-state index contributed by atoms with van der Waals surface area (Å²) in [6.45, 7) is 9.56. The maximum atomic E-state index is 14.1. The third-order valence-corrected chi connectivity index (χ3v) is 4.02. The van der Waals surface area contributed by atoms with E-state index < -0.39 is 18.3 Å². The van der Waals surface area contributed by atoms with Crippen LogP contribution >= 0.6 is 0 Å². The van der Waals surface area contributed by atoms with Crippen LogP contribution in [0.4, 0.5) is 4.39 Å². The lowest BCUT2D eigenvalue weighted by molar-refractivity contribution is 0.00578. The Morgan fingerprint density at radius 1 is 1.11 bits per heavy atom. The molecule has 0 aromatic heterocycles. The molecule has 1 aromatic carbocycles. The van der Waals surface area contributed by atoms with Gasteiger partial charge in [-0.05, 0) is 52.3 Å². The summed E-state index contributed by atoms with van der Waals surface area (Å²) in [5.74, 6) is 0.294. The summed E-state index contributed by atoms with van der Waals surface area (Å²) in [6, 6.07) is 3.09. The van der Waals surface area contributed by atoms with Crippen molar-refractivity contribution in [3.05, 3.63) is 23.5 Å². The van der Waals surface area contributed by atoms with E-state index in [0.717, 1.165) is 5.56 Å². The molecule has 0 saturated carbocycles. The molecule has 0 radical (unpaired) electrons. The van der Waals surface area contributed by atoms with Gasteiger partial charge in [-0.25, -0.2) is 4.39 Å². The minimum absolute atomic E-state index is 0.336. The van der Waals surface area contributed by atoms with Gasteiger partial charge in [0.05, 0.1) is 18.3 Å². The van der Waals surface area contributed by atoms with Crippen LogP contribution in [0, 0.1) is 12.7 Å². The molecule has 0 atom stereocenters. The van der Waals surface area contributed by atoms with E-state index >= 15 is 0 Å². The summed E-state index contributed by atoms with van der Waals surface area (Å²) in [4.78, 5) is 0. The van der Waals surface area contributed by atoms with Gasteiger partial charge < -0.3 is 14.0 Å². The number of rotatable bonds is 2. The Morgan fingerprint density at radius 3 is 2.11 bits per heavy atom. The molecule has 1 aliphatic rings. The van der Waals surface area contributed by atoms with Crippen LogP contribution in [-0.2, 0) is 9.31 Å². The van der Waals surface area contributed by atoms with Crippen LogP contribution in [0.5, 0.6) is 5.75 Å². The van der Waals surface area contributed by atoms with Crippen molar-refractivity contribution in [1.82, 2.24) is 0 Å². The molecule has 0 N–H and O–H groups in total. The predicted molar refractivity (Wildman–Crippen MR) is 73.4 cm³/mol. The highest BCUT2D eigenvalue weighted by Crippen LogP contribution is 2.37. The van der Waals surface area contributed by atoms with E-state index in [2.05, 4.69) is 0 Å². The van der Waals surface area contributed by atoms with E-state index in [9.17, 15) is 4.39 Å².